The molecule has 0 spiro atoms. The van der Waals surface area contributed by atoms with Crippen molar-refractivity contribution in [2.45, 2.75) is 110 Å². The second-order valence-electron chi connectivity index (χ2n) is 10.8. The Hall–Kier alpha value is -2.58. The number of H-pyrrole nitrogens is 1. The lowest BCUT2D eigenvalue weighted by Gasteiger charge is -2.39. The van der Waals surface area contributed by atoms with Crippen LogP contribution in [0.2, 0.25) is 0 Å². The summed E-state index contributed by atoms with van der Waals surface area (Å²) >= 11 is 0. The van der Waals surface area contributed by atoms with Gasteiger partial charge in [0.1, 0.15) is 0 Å². The zero-order chi connectivity index (χ0) is 25.1. The van der Waals surface area contributed by atoms with E-state index in [1.165, 1.54) is 24.8 Å². The molecule has 1 N–H and O–H groups in total. The maximum atomic E-state index is 13.3. The van der Waals surface area contributed by atoms with Gasteiger partial charge >= 0.3 is 0 Å². The number of fused-ring (bicyclic) bond motifs is 1. The number of nitrogens with zero attached hydrogens (tertiary/aromatic N) is 5. The van der Waals surface area contributed by atoms with Crippen molar-refractivity contribution >= 4 is 10.9 Å². The maximum Gasteiger partial charge on any atom is 0.252 e. The molecule has 2 atom stereocenters. The van der Waals surface area contributed by atoms with Gasteiger partial charge in [-0.05, 0) is 79.5 Å². The summed E-state index contributed by atoms with van der Waals surface area (Å²) < 4.78 is 7.86. The fourth-order valence-corrected chi connectivity index (χ4v) is 6.23. The van der Waals surface area contributed by atoms with E-state index in [1.54, 1.807) is 0 Å². The highest BCUT2D eigenvalue weighted by atomic mass is 16.5. The summed E-state index contributed by atoms with van der Waals surface area (Å²) in [6.07, 6.45) is 10.3. The van der Waals surface area contributed by atoms with Crippen molar-refractivity contribution in [2.24, 2.45) is 0 Å². The standard InChI is InChI=1S/C28H40N6O2/c1-4-9-25(27-30-31-32-34(27)18-24-12-8-13-36-24)33(23-10-6-5-7-11-23)17-22-16-21-15-19(2)14-20(3)26(21)29-28(22)35/h14-16,23-25H,4-13,17-18H2,1-3H3,(H,29,35)/t24-,25-/m0/s1. The van der Waals surface area contributed by atoms with Crippen molar-refractivity contribution < 1.29 is 4.74 Å². The Morgan fingerprint density at radius 2 is 1.97 bits per heavy atom. The van der Waals surface area contributed by atoms with Crippen molar-refractivity contribution in [1.82, 2.24) is 30.1 Å². The fourth-order valence-electron chi connectivity index (χ4n) is 6.23. The summed E-state index contributed by atoms with van der Waals surface area (Å²) in [5, 5.41) is 14.1. The van der Waals surface area contributed by atoms with E-state index in [4.69, 9.17) is 4.74 Å². The molecule has 1 aromatic carbocycles. The van der Waals surface area contributed by atoms with E-state index in [1.807, 2.05) is 4.68 Å². The topological polar surface area (TPSA) is 88.9 Å². The fraction of sp³-hybridized carbons (Fsp3) is 0.643. The summed E-state index contributed by atoms with van der Waals surface area (Å²) in [5.74, 6) is 0.904. The Bertz CT molecular complexity index is 1220. The number of nitrogens with one attached hydrogen (secondary N) is 1. The van der Waals surface area contributed by atoms with Gasteiger partial charge in [0.25, 0.3) is 5.56 Å². The lowest BCUT2D eigenvalue weighted by atomic mass is 9.91. The van der Waals surface area contributed by atoms with Crippen LogP contribution in [0.4, 0.5) is 0 Å². The maximum absolute atomic E-state index is 13.3. The van der Waals surface area contributed by atoms with Crippen molar-refractivity contribution in [3.63, 3.8) is 0 Å². The number of hydrogen-bond acceptors (Lipinski definition) is 6. The number of aryl methyl sites for hydroxylation is 2. The Morgan fingerprint density at radius 3 is 2.72 bits per heavy atom. The van der Waals surface area contributed by atoms with Gasteiger partial charge in [0, 0.05) is 24.8 Å². The molecule has 8 heteroatoms. The quantitative estimate of drug-likeness (QED) is 0.453. The molecule has 2 fully saturated rings. The molecule has 3 heterocycles. The molecular weight excluding hydrogens is 452 g/mol. The number of tetrazole rings is 1. The number of hydrogen-bond donors (Lipinski definition) is 1. The van der Waals surface area contributed by atoms with Gasteiger partial charge in [-0.15, -0.1) is 5.10 Å². The van der Waals surface area contributed by atoms with E-state index in [-0.39, 0.29) is 17.7 Å². The minimum Gasteiger partial charge on any atom is -0.376 e. The highest BCUT2D eigenvalue weighted by Crippen LogP contribution is 2.34. The lowest BCUT2D eigenvalue weighted by Crippen LogP contribution is -2.41. The van der Waals surface area contributed by atoms with Crippen LogP contribution >= 0.6 is 0 Å². The summed E-state index contributed by atoms with van der Waals surface area (Å²) in [5.41, 5.74) is 4.07. The molecule has 5 rings (SSSR count). The number of aromatic amines is 1. The first-order chi connectivity index (χ1) is 17.5. The number of benzene rings is 1. The second kappa shape index (κ2) is 11.2. The summed E-state index contributed by atoms with van der Waals surface area (Å²) in [7, 11) is 0. The van der Waals surface area contributed by atoms with Crippen molar-refractivity contribution in [1.29, 1.82) is 0 Å². The van der Waals surface area contributed by atoms with E-state index in [2.05, 4.69) is 64.4 Å². The highest BCUT2D eigenvalue weighted by Gasteiger charge is 2.33. The Balaban J connectivity index is 1.52. The monoisotopic (exact) mass is 492 g/mol. The SMILES string of the molecule is CCC[C@@H](c1nnnn1C[C@@H]1CCCO1)N(Cc1cc2cc(C)cc(C)c2[nH]c1=O)C1CCCCC1. The molecule has 0 bridgehead atoms. The van der Waals surface area contributed by atoms with Gasteiger partial charge in [0.05, 0.1) is 24.2 Å². The molecule has 36 heavy (non-hydrogen) atoms. The van der Waals surface area contributed by atoms with Gasteiger partial charge in [0.2, 0.25) is 0 Å². The molecule has 194 valence electrons. The van der Waals surface area contributed by atoms with Crippen LogP contribution in [-0.2, 0) is 17.8 Å². The largest absolute Gasteiger partial charge is 0.376 e. The van der Waals surface area contributed by atoms with Crippen LogP contribution in [0.25, 0.3) is 10.9 Å². The number of rotatable bonds is 9. The van der Waals surface area contributed by atoms with E-state index in [9.17, 15) is 4.79 Å². The normalized spacial score (nSPS) is 19.9. The molecule has 1 saturated heterocycles. The molecule has 0 amide bonds. The molecule has 2 aliphatic rings. The Kier molecular flexibility index (Phi) is 7.82. The van der Waals surface area contributed by atoms with Crippen LogP contribution in [0.5, 0.6) is 0 Å². The first-order valence-corrected chi connectivity index (χ1v) is 13.8. The van der Waals surface area contributed by atoms with Gasteiger partial charge in [-0.3, -0.25) is 9.69 Å². The van der Waals surface area contributed by atoms with Gasteiger partial charge < -0.3 is 9.72 Å². The lowest BCUT2D eigenvalue weighted by molar-refractivity contribution is 0.0713. The van der Waals surface area contributed by atoms with E-state index >= 15 is 0 Å². The van der Waals surface area contributed by atoms with Gasteiger partial charge in [-0.2, -0.15) is 0 Å². The van der Waals surface area contributed by atoms with Crippen LogP contribution in [0, 0.1) is 13.8 Å². The molecular formula is C28H40N6O2. The average Bonchev–Trinajstić information content (AvgIpc) is 3.55. The number of pyridine rings is 1. The second-order valence-corrected chi connectivity index (χ2v) is 10.8. The van der Waals surface area contributed by atoms with E-state index < -0.39 is 0 Å². The highest BCUT2D eigenvalue weighted by molar-refractivity contribution is 5.82. The van der Waals surface area contributed by atoms with E-state index in [0.29, 0.717) is 19.1 Å². The molecule has 3 aromatic rings. The zero-order valence-electron chi connectivity index (χ0n) is 22.0. The van der Waals surface area contributed by atoms with Crippen LogP contribution in [-0.4, -0.2) is 48.8 Å². The summed E-state index contributed by atoms with van der Waals surface area (Å²) in [4.78, 5) is 19.0. The average molecular weight is 493 g/mol. The van der Waals surface area contributed by atoms with Crippen molar-refractivity contribution in [2.75, 3.05) is 6.61 Å². The van der Waals surface area contributed by atoms with Crippen molar-refractivity contribution in [3.8, 4) is 0 Å². The first-order valence-electron chi connectivity index (χ1n) is 13.8. The van der Waals surface area contributed by atoms with Crippen LogP contribution < -0.4 is 5.56 Å². The predicted octanol–water partition coefficient (Wildman–Crippen LogP) is 4.99. The zero-order valence-corrected chi connectivity index (χ0v) is 22.0. The van der Waals surface area contributed by atoms with Crippen molar-refractivity contribution in [3.05, 3.63) is 51.1 Å². The number of aromatic nitrogens is 5. The minimum absolute atomic E-state index is 0.00413. The predicted molar refractivity (Wildman–Crippen MR) is 141 cm³/mol. The van der Waals surface area contributed by atoms with Crippen LogP contribution in [0.3, 0.4) is 0 Å². The number of ether oxygens (including phenoxy) is 1. The smallest absolute Gasteiger partial charge is 0.252 e. The Morgan fingerprint density at radius 1 is 1.14 bits per heavy atom. The third-order valence-electron chi connectivity index (χ3n) is 7.99. The molecule has 1 saturated carbocycles. The van der Waals surface area contributed by atoms with Crippen LogP contribution in [0.1, 0.15) is 93.3 Å². The first kappa shape index (κ1) is 25.1. The van der Waals surface area contributed by atoms with E-state index in [0.717, 1.165) is 73.0 Å². The van der Waals surface area contributed by atoms with Gasteiger partial charge in [0.15, 0.2) is 5.82 Å². The summed E-state index contributed by atoms with van der Waals surface area (Å²) in [6.45, 7) is 8.49. The third-order valence-corrected chi connectivity index (χ3v) is 7.99. The molecule has 0 unspecified atom stereocenters. The molecule has 8 nitrogen and oxygen atoms in total. The molecule has 0 radical (unpaired) electrons. The minimum atomic E-state index is 0.00413. The van der Waals surface area contributed by atoms with Gasteiger partial charge in [-0.25, -0.2) is 4.68 Å². The summed E-state index contributed by atoms with van der Waals surface area (Å²) in [6, 6.07) is 6.86. The third kappa shape index (κ3) is 5.39. The Labute approximate surface area is 213 Å². The van der Waals surface area contributed by atoms with Gasteiger partial charge in [-0.1, -0.05) is 44.2 Å². The molecule has 2 aromatic heterocycles. The van der Waals surface area contributed by atoms with Crippen LogP contribution in [0.15, 0.2) is 23.0 Å². The molecule has 1 aliphatic heterocycles. The molecule has 1 aliphatic carbocycles.